The molecule has 2 aromatic carbocycles. The topological polar surface area (TPSA) is 23.5 Å². The van der Waals surface area contributed by atoms with Crippen molar-refractivity contribution in [2.24, 2.45) is 0 Å². The highest BCUT2D eigenvalue weighted by molar-refractivity contribution is 9.10. The monoisotopic (exact) mass is 389 g/mol. The molecule has 0 radical (unpaired) electrons. The quantitative estimate of drug-likeness (QED) is 0.785. The van der Waals surface area contributed by atoms with Gasteiger partial charge in [0.15, 0.2) is 11.6 Å². The van der Waals surface area contributed by atoms with Crippen LogP contribution in [-0.4, -0.2) is 23.6 Å². The highest BCUT2D eigenvalue weighted by atomic mass is 79.9. The summed E-state index contributed by atoms with van der Waals surface area (Å²) >= 11 is 3.73. The third-order valence-electron chi connectivity index (χ3n) is 5.86. The Hall–Kier alpha value is -1.39. The molecule has 1 heterocycles. The van der Waals surface area contributed by atoms with Crippen LogP contribution in [0.3, 0.4) is 0 Å². The van der Waals surface area contributed by atoms with E-state index in [1.165, 1.54) is 18.1 Å². The van der Waals surface area contributed by atoms with Gasteiger partial charge in [0.05, 0.1) is 0 Å². The lowest BCUT2D eigenvalue weighted by molar-refractivity contribution is 0.0709. The Kier molecular flexibility index (Phi) is 3.92. The number of hydrogen-bond donors (Lipinski definition) is 1. The van der Waals surface area contributed by atoms with Crippen LogP contribution in [0.4, 0.5) is 4.39 Å². The highest BCUT2D eigenvalue weighted by Gasteiger charge is 2.50. The Bertz CT molecular complexity index is 787. The van der Waals surface area contributed by atoms with Gasteiger partial charge in [-0.2, -0.15) is 0 Å². The van der Waals surface area contributed by atoms with Crippen LogP contribution in [-0.2, 0) is 11.8 Å². The van der Waals surface area contributed by atoms with Gasteiger partial charge in [-0.3, -0.25) is 4.90 Å². The van der Waals surface area contributed by atoms with Gasteiger partial charge < -0.3 is 5.11 Å². The molecule has 4 heteroatoms. The normalized spacial score (nSPS) is 22.7. The zero-order chi connectivity index (χ0) is 16.9. The lowest BCUT2D eigenvalue weighted by Crippen LogP contribution is -2.50. The highest BCUT2D eigenvalue weighted by Crippen LogP contribution is 2.57. The third-order valence-corrected chi connectivity index (χ3v) is 6.55. The van der Waals surface area contributed by atoms with E-state index in [-0.39, 0.29) is 17.2 Å². The molecule has 1 saturated carbocycles. The zero-order valence-electron chi connectivity index (χ0n) is 13.7. The minimum absolute atomic E-state index is 0.0221. The molecule has 1 N–H and O–H groups in total. The Morgan fingerprint density at radius 3 is 2.67 bits per heavy atom. The van der Waals surface area contributed by atoms with Crippen LogP contribution in [0.1, 0.15) is 42.0 Å². The standard InChI is InChI=1S/C20H21BrFNO/c1-23-10-7-13-11-17(22)18(24)12-14(13)19(23)20(8-4-9-20)15-5-2-3-6-16(15)21/h2-3,5-6,11-12,19,24H,4,7-10H2,1H3. The van der Waals surface area contributed by atoms with Crippen LogP contribution in [0.25, 0.3) is 0 Å². The molecule has 0 bridgehead atoms. The van der Waals surface area contributed by atoms with Gasteiger partial charge >= 0.3 is 0 Å². The van der Waals surface area contributed by atoms with Crippen molar-refractivity contribution in [2.45, 2.75) is 37.1 Å². The van der Waals surface area contributed by atoms with Crippen molar-refractivity contribution in [1.29, 1.82) is 0 Å². The fraction of sp³-hybridized carbons (Fsp3) is 0.400. The molecule has 4 rings (SSSR count). The summed E-state index contributed by atoms with van der Waals surface area (Å²) in [6, 6.07) is 11.8. The smallest absolute Gasteiger partial charge is 0.165 e. The SMILES string of the molecule is CN1CCc2cc(F)c(O)cc2C1C1(c2ccccc2Br)CCC1. The number of nitrogens with zero attached hydrogens (tertiary/aromatic N) is 1. The molecule has 2 aliphatic rings. The third kappa shape index (κ3) is 2.31. The Morgan fingerprint density at radius 2 is 2.00 bits per heavy atom. The van der Waals surface area contributed by atoms with Crippen LogP contribution in [0.15, 0.2) is 40.9 Å². The fourth-order valence-corrected chi connectivity index (χ4v) is 5.27. The summed E-state index contributed by atoms with van der Waals surface area (Å²) < 4.78 is 15.0. The number of halogens is 2. The summed E-state index contributed by atoms with van der Waals surface area (Å²) in [5.74, 6) is -0.753. The van der Waals surface area contributed by atoms with Crippen molar-refractivity contribution in [3.05, 3.63) is 63.4 Å². The molecule has 24 heavy (non-hydrogen) atoms. The Balaban J connectivity index is 1.89. The van der Waals surface area contributed by atoms with E-state index in [4.69, 9.17) is 0 Å². The largest absolute Gasteiger partial charge is 0.505 e. The molecule has 1 unspecified atom stereocenters. The zero-order valence-corrected chi connectivity index (χ0v) is 15.3. The molecule has 0 amide bonds. The van der Waals surface area contributed by atoms with Crippen molar-refractivity contribution in [3.8, 4) is 5.75 Å². The predicted molar refractivity (Wildman–Crippen MR) is 96.8 cm³/mol. The van der Waals surface area contributed by atoms with Crippen molar-refractivity contribution < 1.29 is 9.50 Å². The Morgan fingerprint density at radius 1 is 1.25 bits per heavy atom. The first-order valence-corrected chi connectivity index (χ1v) is 9.29. The molecular weight excluding hydrogens is 369 g/mol. The summed E-state index contributed by atoms with van der Waals surface area (Å²) in [5, 5.41) is 9.96. The number of phenols is 1. The maximum absolute atomic E-state index is 13.8. The van der Waals surface area contributed by atoms with Crippen LogP contribution in [0.2, 0.25) is 0 Å². The van der Waals surface area contributed by atoms with Gasteiger partial charge in [0, 0.05) is 22.5 Å². The number of rotatable bonds is 2. The first-order valence-electron chi connectivity index (χ1n) is 8.49. The van der Waals surface area contributed by atoms with Crippen molar-refractivity contribution in [2.75, 3.05) is 13.6 Å². The summed E-state index contributed by atoms with van der Waals surface area (Å²) in [6.07, 6.45) is 4.25. The molecule has 2 nitrogen and oxygen atoms in total. The van der Waals surface area contributed by atoms with E-state index < -0.39 is 5.82 Å². The van der Waals surface area contributed by atoms with Crippen LogP contribution in [0.5, 0.6) is 5.75 Å². The van der Waals surface area contributed by atoms with E-state index in [0.717, 1.165) is 41.4 Å². The van der Waals surface area contributed by atoms with Gasteiger partial charge in [0.1, 0.15) is 0 Å². The molecule has 1 fully saturated rings. The summed E-state index contributed by atoms with van der Waals surface area (Å²) in [5.41, 5.74) is 3.46. The van der Waals surface area contributed by atoms with Gasteiger partial charge in [0.25, 0.3) is 0 Å². The van der Waals surface area contributed by atoms with Gasteiger partial charge in [-0.05, 0) is 61.2 Å². The first-order chi connectivity index (χ1) is 11.5. The van der Waals surface area contributed by atoms with Gasteiger partial charge in [-0.15, -0.1) is 0 Å². The molecule has 2 aromatic rings. The minimum Gasteiger partial charge on any atom is -0.505 e. The van der Waals surface area contributed by atoms with E-state index in [9.17, 15) is 9.50 Å². The number of benzene rings is 2. The van der Waals surface area contributed by atoms with Crippen molar-refractivity contribution >= 4 is 15.9 Å². The number of hydrogen-bond acceptors (Lipinski definition) is 2. The van der Waals surface area contributed by atoms with E-state index in [1.807, 2.05) is 6.07 Å². The summed E-state index contributed by atoms with van der Waals surface area (Å²) in [7, 11) is 2.14. The van der Waals surface area contributed by atoms with Gasteiger partial charge in [0.2, 0.25) is 0 Å². The molecular formula is C20H21BrFNO. The lowest BCUT2D eigenvalue weighted by Gasteiger charge is -2.54. The molecule has 126 valence electrons. The number of fused-ring (bicyclic) bond motifs is 1. The van der Waals surface area contributed by atoms with Crippen molar-refractivity contribution in [1.82, 2.24) is 4.90 Å². The molecule has 1 aliphatic carbocycles. The van der Waals surface area contributed by atoms with E-state index in [1.54, 1.807) is 6.07 Å². The second kappa shape index (κ2) is 5.85. The fourth-order valence-electron chi connectivity index (χ4n) is 4.59. The van der Waals surface area contributed by atoms with Crippen LogP contribution in [0, 0.1) is 5.82 Å². The van der Waals surface area contributed by atoms with Crippen LogP contribution >= 0.6 is 15.9 Å². The predicted octanol–water partition coefficient (Wildman–Crippen LogP) is 4.94. The Labute approximate surface area is 150 Å². The summed E-state index contributed by atoms with van der Waals surface area (Å²) in [4.78, 5) is 2.37. The minimum atomic E-state index is -0.513. The van der Waals surface area contributed by atoms with Crippen LogP contribution < -0.4 is 0 Å². The second-order valence-corrected chi connectivity index (χ2v) is 7.98. The summed E-state index contributed by atoms with van der Waals surface area (Å²) in [6.45, 7) is 0.911. The number of phenolic OH excluding ortho intramolecular Hbond substituents is 1. The van der Waals surface area contributed by atoms with Gasteiger partial charge in [-0.25, -0.2) is 4.39 Å². The van der Waals surface area contributed by atoms with Gasteiger partial charge in [-0.1, -0.05) is 40.5 Å². The molecule has 1 aliphatic heterocycles. The average Bonchev–Trinajstić information content (AvgIpc) is 2.52. The molecule has 0 spiro atoms. The number of likely N-dealkylation sites (N-methyl/N-ethyl adjacent to an activating group) is 1. The van der Waals surface area contributed by atoms with E-state index >= 15 is 0 Å². The van der Waals surface area contributed by atoms with E-state index in [2.05, 4.69) is 46.1 Å². The first kappa shape index (κ1) is 16.1. The van der Waals surface area contributed by atoms with Crippen molar-refractivity contribution in [3.63, 3.8) is 0 Å². The second-order valence-electron chi connectivity index (χ2n) is 7.13. The molecule has 0 saturated heterocycles. The molecule has 1 atom stereocenters. The number of aromatic hydroxyl groups is 1. The average molecular weight is 390 g/mol. The lowest BCUT2D eigenvalue weighted by atomic mass is 9.57. The maximum atomic E-state index is 13.8. The molecule has 0 aromatic heterocycles. The maximum Gasteiger partial charge on any atom is 0.165 e. The van der Waals surface area contributed by atoms with E-state index in [0.29, 0.717) is 0 Å².